The molecule has 0 aliphatic heterocycles. The molecule has 1 aromatic carbocycles. The second-order valence-corrected chi connectivity index (χ2v) is 5.38. The minimum Gasteiger partial charge on any atom is -0.380 e. The summed E-state index contributed by atoms with van der Waals surface area (Å²) in [5, 5.41) is 7.76. The highest BCUT2D eigenvalue weighted by atomic mass is 19.4. The first-order chi connectivity index (χ1) is 12.2. The fraction of sp³-hybridized carbons (Fsp3) is 0.125. The summed E-state index contributed by atoms with van der Waals surface area (Å²) in [5.74, 6) is -2.74. The largest absolute Gasteiger partial charge is 0.449 e. The van der Waals surface area contributed by atoms with E-state index in [1.54, 1.807) is 18.3 Å². The zero-order valence-corrected chi connectivity index (χ0v) is 13.1. The number of imidazole rings is 1. The number of nitrogens with zero attached hydrogens (tertiary/aromatic N) is 4. The maximum absolute atomic E-state index is 13.0. The van der Waals surface area contributed by atoms with Crippen molar-refractivity contribution in [1.82, 2.24) is 14.4 Å². The smallest absolute Gasteiger partial charge is 0.380 e. The van der Waals surface area contributed by atoms with E-state index >= 15 is 0 Å². The van der Waals surface area contributed by atoms with Gasteiger partial charge < -0.3 is 10.1 Å². The molecule has 0 saturated carbocycles. The number of fused-ring (bicyclic) bond motifs is 1. The molecule has 26 heavy (non-hydrogen) atoms. The number of halogens is 4. The number of rotatable bonds is 3. The summed E-state index contributed by atoms with van der Waals surface area (Å²) in [5.41, 5.74) is 6.37. The van der Waals surface area contributed by atoms with Gasteiger partial charge in [-0.15, -0.1) is 0 Å². The SMILES string of the molecule is N=C(N=C(N)C(F)(F)F)c1cn2ccnc2c(Cc2ccc(F)cc2)n1. The van der Waals surface area contributed by atoms with Crippen molar-refractivity contribution >= 4 is 17.3 Å². The van der Waals surface area contributed by atoms with Gasteiger partial charge in [0.05, 0.1) is 5.69 Å². The average Bonchev–Trinajstić information content (AvgIpc) is 3.04. The van der Waals surface area contributed by atoms with Gasteiger partial charge >= 0.3 is 6.18 Å². The van der Waals surface area contributed by atoms with Crippen LogP contribution < -0.4 is 5.73 Å². The van der Waals surface area contributed by atoms with E-state index < -0.39 is 17.8 Å². The third-order valence-corrected chi connectivity index (χ3v) is 3.49. The van der Waals surface area contributed by atoms with Crippen LogP contribution in [-0.4, -0.2) is 32.2 Å². The van der Waals surface area contributed by atoms with Crippen LogP contribution in [0.25, 0.3) is 5.65 Å². The first-order valence-corrected chi connectivity index (χ1v) is 7.31. The van der Waals surface area contributed by atoms with Crippen LogP contribution in [0.4, 0.5) is 17.6 Å². The number of hydrogen-bond acceptors (Lipinski definition) is 3. The maximum Gasteiger partial charge on any atom is 0.449 e. The predicted molar refractivity (Wildman–Crippen MR) is 86.7 cm³/mol. The van der Waals surface area contributed by atoms with Gasteiger partial charge in [-0.2, -0.15) is 13.2 Å². The van der Waals surface area contributed by atoms with Gasteiger partial charge in [-0.3, -0.25) is 5.41 Å². The second-order valence-electron chi connectivity index (χ2n) is 5.38. The van der Waals surface area contributed by atoms with Gasteiger partial charge in [0, 0.05) is 25.0 Å². The predicted octanol–water partition coefficient (Wildman–Crippen LogP) is 2.70. The minimum atomic E-state index is -4.83. The Labute approximate surface area is 144 Å². The van der Waals surface area contributed by atoms with E-state index in [0.29, 0.717) is 11.3 Å². The summed E-state index contributed by atoms with van der Waals surface area (Å²) in [6.07, 6.45) is -0.181. The molecular weight excluding hydrogens is 352 g/mol. The maximum atomic E-state index is 13.0. The van der Waals surface area contributed by atoms with E-state index in [2.05, 4.69) is 15.0 Å². The van der Waals surface area contributed by atoms with Crippen molar-refractivity contribution in [3.05, 3.63) is 65.6 Å². The van der Waals surface area contributed by atoms with Gasteiger partial charge in [0.1, 0.15) is 11.5 Å². The van der Waals surface area contributed by atoms with E-state index in [0.717, 1.165) is 5.56 Å². The quantitative estimate of drug-likeness (QED) is 0.425. The lowest BCUT2D eigenvalue weighted by Gasteiger charge is -2.08. The van der Waals surface area contributed by atoms with E-state index in [1.165, 1.54) is 28.9 Å². The number of aromatic nitrogens is 3. The van der Waals surface area contributed by atoms with Gasteiger partial charge in [0.25, 0.3) is 0 Å². The molecule has 10 heteroatoms. The van der Waals surface area contributed by atoms with E-state index in [4.69, 9.17) is 11.1 Å². The van der Waals surface area contributed by atoms with Crippen molar-refractivity contribution < 1.29 is 17.6 Å². The van der Waals surface area contributed by atoms with Crippen molar-refractivity contribution in [2.24, 2.45) is 10.7 Å². The van der Waals surface area contributed by atoms with Gasteiger partial charge in [-0.05, 0) is 17.7 Å². The third kappa shape index (κ3) is 3.68. The van der Waals surface area contributed by atoms with Crippen LogP contribution in [0.1, 0.15) is 17.0 Å². The second kappa shape index (κ2) is 6.54. The van der Waals surface area contributed by atoms with Crippen molar-refractivity contribution in [3.8, 4) is 0 Å². The normalized spacial score (nSPS) is 12.5. The Bertz CT molecular complexity index is 988. The monoisotopic (exact) mass is 364 g/mol. The fourth-order valence-electron chi connectivity index (χ4n) is 2.27. The summed E-state index contributed by atoms with van der Waals surface area (Å²) < 4.78 is 52.1. The van der Waals surface area contributed by atoms with Gasteiger partial charge in [0.15, 0.2) is 11.5 Å². The molecule has 0 aliphatic carbocycles. The molecule has 0 unspecified atom stereocenters. The molecule has 3 aromatic rings. The molecule has 2 aromatic heterocycles. The van der Waals surface area contributed by atoms with Crippen LogP contribution in [0.15, 0.2) is 47.8 Å². The molecular formula is C16H12F4N6. The summed E-state index contributed by atoms with van der Waals surface area (Å²) in [4.78, 5) is 11.4. The average molecular weight is 364 g/mol. The Balaban J connectivity index is 2.00. The number of nitrogens with one attached hydrogen (secondary N) is 1. The van der Waals surface area contributed by atoms with Crippen LogP contribution in [0.5, 0.6) is 0 Å². The summed E-state index contributed by atoms with van der Waals surface area (Å²) in [6, 6.07) is 5.71. The molecule has 6 nitrogen and oxygen atoms in total. The molecule has 0 amide bonds. The molecule has 0 saturated heterocycles. The molecule has 0 fully saturated rings. The number of hydrogen-bond donors (Lipinski definition) is 2. The molecule has 2 heterocycles. The van der Waals surface area contributed by atoms with Crippen LogP contribution in [-0.2, 0) is 6.42 Å². The van der Waals surface area contributed by atoms with Crippen LogP contribution in [0, 0.1) is 11.2 Å². The molecule has 0 aliphatic rings. The fourth-order valence-corrected chi connectivity index (χ4v) is 2.27. The summed E-state index contributed by atoms with van der Waals surface area (Å²) in [6.45, 7) is 0. The molecule has 3 N–H and O–H groups in total. The molecule has 3 rings (SSSR count). The Morgan fingerprint density at radius 1 is 1.23 bits per heavy atom. The van der Waals surface area contributed by atoms with E-state index in [-0.39, 0.29) is 17.9 Å². The zero-order chi connectivity index (χ0) is 18.9. The lowest BCUT2D eigenvalue weighted by atomic mass is 10.1. The number of benzene rings is 1. The minimum absolute atomic E-state index is 0.0974. The highest BCUT2D eigenvalue weighted by molar-refractivity contribution is 6.04. The summed E-state index contributed by atoms with van der Waals surface area (Å²) in [7, 11) is 0. The lowest BCUT2D eigenvalue weighted by Crippen LogP contribution is -2.32. The van der Waals surface area contributed by atoms with Gasteiger partial charge in [-0.1, -0.05) is 12.1 Å². The Kier molecular flexibility index (Phi) is 4.41. The molecule has 0 spiro atoms. The Hall–Kier alpha value is -3.30. The number of aliphatic imine (C=N–C) groups is 1. The standard InChI is InChI=1S/C16H12F4N6/c17-10-3-1-9(2-4-10)7-11-14-23-5-6-26(14)8-12(24-11)13(21)25-15(22)16(18,19)20/h1-6,8H,7H2,(H3,21,22,25). The van der Waals surface area contributed by atoms with Gasteiger partial charge in [-0.25, -0.2) is 19.4 Å². The first-order valence-electron chi connectivity index (χ1n) is 7.31. The van der Waals surface area contributed by atoms with E-state index in [1.807, 2.05) is 0 Å². The van der Waals surface area contributed by atoms with Crippen LogP contribution in [0.3, 0.4) is 0 Å². The number of nitrogens with two attached hydrogens (primary N) is 1. The molecule has 0 atom stereocenters. The number of alkyl halides is 3. The third-order valence-electron chi connectivity index (χ3n) is 3.49. The highest BCUT2D eigenvalue weighted by Gasteiger charge is 2.34. The van der Waals surface area contributed by atoms with Gasteiger partial charge in [0.2, 0.25) is 5.84 Å². The van der Waals surface area contributed by atoms with Crippen molar-refractivity contribution in [3.63, 3.8) is 0 Å². The number of amidine groups is 2. The topological polar surface area (TPSA) is 92.4 Å². The Morgan fingerprint density at radius 3 is 2.58 bits per heavy atom. The molecule has 0 bridgehead atoms. The molecule has 0 radical (unpaired) electrons. The van der Waals surface area contributed by atoms with Crippen molar-refractivity contribution in [2.45, 2.75) is 12.6 Å². The van der Waals surface area contributed by atoms with Crippen molar-refractivity contribution in [2.75, 3.05) is 0 Å². The van der Waals surface area contributed by atoms with Crippen molar-refractivity contribution in [1.29, 1.82) is 5.41 Å². The van der Waals surface area contributed by atoms with E-state index in [9.17, 15) is 17.6 Å². The highest BCUT2D eigenvalue weighted by Crippen LogP contribution is 2.17. The van der Waals surface area contributed by atoms with Crippen LogP contribution >= 0.6 is 0 Å². The van der Waals surface area contributed by atoms with Crippen LogP contribution in [0.2, 0.25) is 0 Å². The zero-order valence-electron chi connectivity index (χ0n) is 13.1. The summed E-state index contributed by atoms with van der Waals surface area (Å²) >= 11 is 0. The molecule has 134 valence electrons. The first kappa shape index (κ1) is 17.5. The Morgan fingerprint density at radius 2 is 1.92 bits per heavy atom. The lowest BCUT2D eigenvalue weighted by molar-refractivity contribution is -0.0597.